The monoisotopic (exact) mass is 491 g/mol. The van der Waals surface area contributed by atoms with Crippen LogP contribution in [-0.2, 0) is 11.2 Å². The maximum Gasteiger partial charge on any atom is 0.335 e. The molecule has 36 heavy (non-hydrogen) atoms. The molecule has 2 amide bonds. The van der Waals surface area contributed by atoms with E-state index in [4.69, 9.17) is 14.6 Å². The number of carbonyl (C=O) groups is 3. The van der Waals surface area contributed by atoms with Crippen LogP contribution in [0.3, 0.4) is 0 Å². The van der Waals surface area contributed by atoms with Gasteiger partial charge in [-0.15, -0.1) is 0 Å². The minimum absolute atomic E-state index is 0.0131. The Morgan fingerprint density at radius 1 is 0.917 bits per heavy atom. The number of carboxylic acid groups (broad SMARTS) is 1. The summed E-state index contributed by atoms with van der Waals surface area (Å²) < 4.78 is 10.9. The van der Waals surface area contributed by atoms with Crippen molar-refractivity contribution >= 4 is 29.2 Å². The van der Waals surface area contributed by atoms with Crippen LogP contribution in [0.4, 0.5) is 16.2 Å². The van der Waals surface area contributed by atoms with E-state index in [0.717, 1.165) is 11.1 Å². The van der Waals surface area contributed by atoms with Gasteiger partial charge in [0.2, 0.25) is 0 Å². The number of Topliss-reactive ketones (excluding diaryl/α,β-unsaturated/α-hetero) is 1. The Morgan fingerprint density at radius 3 is 2.33 bits per heavy atom. The van der Waals surface area contributed by atoms with Crippen molar-refractivity contribution in [3.05, 3.63) is 83.4 Å². The van der Waals surface area contributed by atoms with Crippen molar-refractivity contribution < 1.29 is 29.0 Å². The second-order valence-electron chi connectivity index (χ2n) is 8.00. The van der Waals surface area contributed by atoms with E-state index in [-0.39, 0.29) is 24.3 Å². The lowest BCUT2D eigenvalue weighted by Gasteiger charge is -2.13. The summed E-state index contributed by atoms with van der Waals surface area (Å²) in [6.07, 6.45) is 0.205. The van der Waals surface area contributed by atoms with Crippen molar-refractivity contribution in [3.8, 4) is 11.5 Å². The molecule has 0 saturated heterocycles. The largest absolute Gasteiger partial charge is 0.495 e. The van der Waals surface area contributed by atoms with Crippen LogP contribution in [0.1, 0.15) is 21.5 Å². The number of hydrogen-bond donors (Lipinski definition) is 4. The molecule has 0 fully saturated rings. The van der Waals surface area contributed by atoms with E-state index in [1.54, 1.807) is 30.3 Å². The van der Waals surface area contributed by atoms with Crippen LogP contribution in [0.15, 0.2) is 66.7 Å². The summed E-state index contributed by atoms with van der Waals surface area (Å²) in [4.78, 5) is 35.6. The lowest BCUT2D eigenvalue weighted by Crippen LogP contribution is -2.28. The first-order chi connectivity index (χ1) is 17.4. The van der Waals surface area contributed by atoms with Crippen molar-refractivity contribution in [2.24, 2.45) is 0 Å². The number of rotatable bonds is 12. The SMILES string of the molecule is COc1cc(CC(=O)CNCCOc2ccc(C(=O)O)cc2)ccc1NC(=O)Nc1ccccc1C. The van der Waals surface area contributed by atoms with E-state index < -0.39 is 12.0 Å². The average Bonchev–Trinajstić information content (AvgIpc) is 2.86. The van der Waals surface area contributed by atoms with Gasteiger partial charge in [0.15, 0.2) is 5.78 Å². The molecule has 0 atom stereocenters. The topological polar surface area (TPSA) is 126 Å². The van der Waals surface area contributed by atoms with E-state index in [9.17, 15) is 14.4 Å². The van der Waals surface area contributed by atoms with Crippen molar-refractivity contribution in [2.75, 3.05) is 37.4 Å². The Kier molecular flexibility index (Phi) is 9.41. The number of anilines is 2. The van der Waals surface area contributed by atoms with Crippen LogP contribution in [0, 0.1) is 6.92 Å². The molecule has 0 radical (unpaired) electrons. The van der Waals surface area contributed by atoms with Gasteiger partial charge in [-0.25, -0.2) is 9.59 Å². The van der Waals surface area contributed by atoms with Gasteiger partial charge in [0.05, 0.1) is 24.9 Å². The number of benzene rings is 3. The summed E-state index contributed by atoms with van der Waals surface area (Å²) >= 11 is 0. The number of aromatic carboxylic acids is 1. The van der Waals surface area contributed by atoms with E-state index in [1.807, 2.05) is 31.2 Å². The first kappa shape index (κ1) is 26.2. The Hall–Kier alpha value is -4.37. The number of para-hydroxylation sites is 1. The number of aryl methyl sites for hydroxylation is 1. The minimum Gasteiger partial charge on any atom is -0.495 e. The maximum absolute atomic E-state index is 12.4. The molecule has 3 aromatic rings. The molecule has 0 unspecified atom stereocenters. The number of urea groups is 1. The molecule has 0 aliphatic rings. The lowest BCUT2D eigenvalue weighted by molar-refractivity contribution is -0.117. The van der Waals surface area contributed by atoms with E-state index in [2.05, 4.69) is 16.0 Å². The number of ketones is 1. The highest BCUT2D eigenvalue weighted by atomic mass is 16.5. The Balaban J connectivity index is 1.43. The number of methoxy groups -OCH3 is 1. The second kappa shape index (κ2) is 12.9. The fraction of sp³-hybridized carbons (Fsp3) is 0.222. The Morgan fingerprint density at radius 2 is 1.64 bits per heavy atom. The number of carbonyl (C=O) groups excluding carboxylic acids is 2. The summed E-state index contributed by atoms with van der Waals surface area (Å²) in [5, 5.41) is 17.5. The first-order valence-electron chi connectivity index (χ1n) is 11.3. The van der Waals surface area contributed by atoms with Crippen molar-refractivity contribution in [1.29, 1.82) is 0 Å². The van der Waals surface area contributed by atoms with E-state index in [0.29, 0.717) is 36.0 Å². The van der Waals surface area contributed by atoms with Gasteiger partial charge >= 0.3 is 12.0 Å². The number of ether oxygens (including phenoxy) is 2. The Bertz CT molecular complexity index is 1210. The first-order valence-corrected chi connectivity index (χ1v) is 11.3. The third-order valence-electron chi connectivity index (χ3n) is 5.28. The van der Waals surface area contributed by atoms with Crippen LogP contribution in [0.5, 0.6) is 11.5 Å². The molecule has 0 saturated carbocycles. The fourth-order valence-electron chi connectivity index (χ4n) is 3.39. The van der Waals surface area contributed by atoms with Crippen molar-refractivity contribution in [3.63, 3.8) is 0 Å². The molecule has 0 aliphatic heterocycles. The van der Waals surface area contributed by atoms with Gasteiger partial charge < -0.3 is 30.5 Å². The van der Waals surface area contributed by atoms with Gasteiger partial charge in [0.1, 0.15) is 18.1 Å². The molecule has 3 aromatic carbocycles. The smallest absolute Gasteiger partial charge is 0.335 e. The molecule has 0 aromatic heterocycles. The normalized spacial score (nSPS) is 10.4. The van der Waals surface area contributed by atoms with Gasteiger partial charge in [-0.05, 0) is 60.5 Å². The molecule has 0 bridgehead atoms. The molecule has 3 rings (SSSR count). The maximum atomic E-state index is 12.4. The summed E-state index contributed by atoms with van der Waals surface area (Å²) in [5.74, 6) is 0.00626. The zero-order valence-corrected chi connectivity index (χ0v) is 20.2. The predicted octanol–water partition coefficient (Wildman–Crippen LogP) is 4.13. The molecule has 9 nitrogen and oxygen atoms in total. The van der Waals surface area contributed by atoms with Crippen LogP contribution < -0.4 is 25.4 Å². The zero-order valence-electron chi connectivity index (χ0n) is 20.2. The molecular weight excluding hydrogens is 462 g/mol. The van der Waals surface area contributed by atoms with Crippen LogP contribution >= 0.6 is 0 Å². The van der Waals surface area contributed by atoms with Gasteiger partial charge in [-0.1, -0.05) is 24.3 Å². The summed E-state index contributed by atoms with van der Waals surface area (Å²) in [6.45, 7) is 2.86. The number of hydrogen-bond acceptors (Lipinski definition) is 6. The van der Waals surface area contributed by atoms with Crippen molar-refractivity contribution in [2.45, 2.75) is 13.3 Å². The summed E-state index contributed by atoms with van der Waals surface area (Å²) in [5.41, 5.74) is 3.11. The minimum atomic E-state index is -0.992. The van der Waals surface area contributed by atoms with Gasteiger partial charge in [-0.3, -0.25) is 4.79 Å². The molecule has 0 spiro atoms. The second-order valence-corrected chi connectivity index (χ2v) is 8.00. The standard InChI is InChI=1S/C27H29N3O6/c1-18-5-3-4-6-23(18)29-27(34)30-24-12-7-19(16-25(24)35-2)15-21(31)17-28-13-14-36-22-10-8-20(9-11-22)26(32)33/h3-12,16,28H,13-15,17H2,1-2H3,(H,32,33)(H2,29,30,34). The van der Waals surface area contributed by atoms with Gasteiger partial charge in [0, 0.05) is 18.7 Å². The molecule has 9 heteroatoms. The zero-order chi connectivity index (χ0) is 25.9. The number of nitrogens with one attached hydrogen (secondary N) is 3. The molecule has 4 N–H and O–H groups in total. The van der Waals surface area contributed by atoms with E-state index in [1.165, 1.54) is 19.2 Å². The Labute approximate surface area is 209 Å². The van der Waals surface area contributed by atoms with Gasteiger partial charge in [-0.2, -0.15) is 0 Å². The predicted molar refractivity (Wildman–Crippen MR) is 137 cm³/mol. The summed E-state index contributed by atoms with van der Waals surface area (Å²) in [7, 11) is 1.50. The van der Waals surface area contributed by atoms with E-state index >= 15 is 0 Å². The fourth-order valence-corrected chi connectivity index (χ4v) is 3.39. The highest BCUT2D eigenvalue weighted by molar-refractivity contribution is 6.01. The highest BCUT2D eigenvalue weighted by Gasteiger charge is 2.11. The molecule has 188 valence electrons. The number of amides is 2. The highest BCUT2D eigenvalue weighted by Crippen LogP contribution is 2.26. The van der Waals surface area contributed by atoms with Crippen LogP contribution in [0.2, 0.25) is 0 Å². The summed E-state index contributed by atoms with van der Waals surface area (Å²) in [6, 6.07) is 18.4. The van der Waals surface area contributed by atoms with Crippen LogP contribution in [-0.4, -0.2) is 49.7 Å². The third kappa shape index (κ3) is 7.85. The average molecular weight is 492 g/mol. The quantitative estimate of drug-likeness (QED) is 0.281. The number of carboxylic acids is 1. The lowest BCUT2D eigenvalue weighted by atomic mass is 10.1. The third-order valence-corrected chi connectivity index (χ3v) is 5.28. The van der Waals surface area contributed by atoms with Crippen molar-refractivity contribution in [1.82, 2.24) is 5.32 Å². The van der Waals surface area contributed by atoms with Gasteiger partial charge in [0.25, 0.3) is 0 Å². The molecule has 0 heterocycles. The molecule has 0 aliphatic carbocycles. The molecular formula is C27H29N3O6. The van der Waals surface area contributed by atoms with Crippen LogP contribution in [0.25, 0.3) is 0 Å².